The lowest BCUT2D eigenvalue weighted by Gasteiger charge is -2.44. The van der Waals surface area contributed by atoms with Crippen LogP contribution in [-0.4, -0.2) is 10.9 Å². The number of aliphatic hydroxyl groups excluding tert-OH is 1. The summed E-state index contributed by atoms with van der Waals surface area (Å²) >= 11 is 0. The molecular formula is C20H24O2. The van der Waals surface area contributed by atoms with Gasteiger partial charge in [0.2, 0.25) is 0 Å². The van der Waals surface area contributed by atoms with E-state index in [2.05, 4.69) is 32.9 Å². The van der Waals surface area contributed by atoms with Crippen molar-refractivity contribution in [3.05, 3.63) is 40.1 Å². The average molecular weight is 296 g/mol. The van der Waals surface area contributed by atoms with Gasteiger partial charge in [-0.2, -0.15) is 0 Å². The molecule has 1 aromatic carbocycles. The van der Waals surface area contributed by atoms with Crippen LogP contribution in [-0.2, 0) is 4.79 Å². The third-order valence-electron chi connectivity index (χ3n) is 6.27. The number of carbonyl (C=O) groups excluding carboxylic acids is 1. The molecule has 2 bridgehead atoms. The molecule has 116 valence electrons. The van der Waals surface area contributed by atoms with Crippen molar-refractivity contribution in [2.45, 2.75) is 46.5 Å². The molecule has 5 rings (SSSR count). The van der Waals surface area contributed by atoms with Gasteiger partial charge in [-0.1, -0.05) is 17.7 Å². The first-order valence-corrected chi connectivity index (χ1v) is 8.54. The van der Waals surface area contributed by atoms with Crippen LogP contribution in [0.1, 0.15) is 47.9 Å². The molecule has 0 unspecified atom stereocenters. The molecule has 3 fully saturated rings. The summed E-state index contributed by atoms with van der Waals surface area (Å²) in [6, 6.07) is 4.24. The summed E-state index contributed by atoms with van der Waals surface area (Å²) in [5.41, 5.74) is 5.06. The fourth-order valence-electron chi connectivity index (χ4n) is 5.51. The Morgan fingerprint density at radius 3 is 1.91 bits per heavy atom. The highest BCUT2D eigenvalue weighted by Gasteiger charge is 2.54. The number of aryl methyl sites for hydroxylation is 3. The molecule has 0 radical (unpaired) electrons. The normalized spacial score (nSPS) is 33.5. The SMILES string of the molecule is Cc1cc(C)c(C2=C(O)[C@H]3[C@H]4CC[C@H](CC4)[C@H]3C2=O)c(C)c1. The number of hydrogen-bond acceptors (Lipinski definition) is 2. The molecular weight excluding hydrogens is 272 g/mol. The standard InChI is InChI=1S/C20H24O2/c1-10-8-11(2)15(12(3)9-10)18-19(21)16-13-4-5-14(7-6-13)17(16)20(18)22/h8-9,13-14,16-17,21H,4-7H2,1-3H3/t13-,14+,16-,17+/m0/s1. The topological polar surface area (TPSA) is 37.3 Å². The van der Waals surface area contributed by atoms with Gasteiger partial charge < -0.3 is 5.11 Å². The molecule has 4 aliphatic carbocycles. The number of carbonyl (C=O) groups is 1. The van der Waals surface area contributed by atoms with E-state index in [0.717, 1.165) is 16.7 Å². The van der Waals surface area contributed by atoms with E-state index in [1.807, 2.05) is 0 Å². The molecule has 4 aliphatic rings. The Balaban J connectivity index is 1.87. The molecule has 2 atom stereocenters. The van der Waals surface area contributed by atoms with Gasteiger partial charge in [0, 0.05) is 11.8 Å². The Labute approximate surface area is 132 Å². The number of fused-ring (bicyclic) bond motifs is 2. The summed E-state index contributed by atoms with van der Waals surface area (Å²) in [6.07, 6.45) is 4.71. The summed E-state index contributed by atoms with van der Waals surface area (Å²) in [4.78, 5) is 13.1. The lowest BCUT2D eigenvalue weighted by molar-refractivity contribution is -0.123. The summed E-state index contributed by atoms with van der Waals surface area (Å²) in [6.45, 7) is 6.19. The first-order chi connectivity index (χ1) is 10.5. The minimum atomic E-state index is 0.0580. The van der Waals surface area contributed by atoms with E-state index in [1.54, 1.807) is 0 Å². The van der Waals surface area contributed by atoms with Crippen LogP contribution in [0.15, 0.2) is 17.9 Å². The fraction of sp³-hybridized carbons (Fsp3) is 0.550. The highest BCUT2D eigenvalue weighted by Crippen LogP contribution is 2.57. The third kappa shape index (κ3) is 1.76. The number of rotatable bonds is 1. The van der Waals surface area contributed by atoms with Gasteiger partial charge in [0.05, 0.1) is 5.57 Å². The third-order valence-corrected chi connectivity index (χ3v) is 6.27. The van der Waals surface area contributed by atoms with Crippen molar-refractivity contribution < 1.29 is 9.90 Å². The highest BCUT2D eigenvalue weighted by molar-refractivity contribution is 6.25. The van der Waals surface area contributed by atoms with Crippen LogP contribution in [0, 0.1) is 44.4 Å². The van der Waals surface area contributed by atoms with Crippen molar-refractivity contribution in [2.24, 2.45) is 23.7 Å². The van der Waals surface area contributed by atoms with E-state index >= 15 is 0 Å². The molecule has 0 saturated heterocycles. The van der Waals surface area contributed by atoms with Gasteiger partial charge in [-0.25, -0.2) is 0 Å². The van der Waals surface area contributed by atoms with E-state index < -0.39 is 0 Å². The molecule has 0 amide bonds. The van der Waals surface area contributed by atoms with Crippen LogP contribution in [0.5, 0.6) is 0 Å². The Kier molecular flexibility index (Phi) is 3.01. The molecule has 1 aromatic rings. The maximum Gasteiger partial charge on any atom is 0.170 e. The summed E-state index contributed by atoms with van der Waals surface area (Å²) < 4.78 is 0. The Morgan fingerprint density at radius 1 is 0.909 bits per heavy atom. The Bertz CT molecular complexity index is 667. The van der Waals surface area contributed by atoms with Crippen LogP contribution in [0.25, 0.3) is 5.57 Å². The van der Waals surface area contributed by atoms with E-state index in [0.29, 0.717) is 23.2 Å². The summed E-state index contributed by atoms with van der Waals surface area (Å²) in [7, 11) is 0. The number of Topliss-reactive ketones (excluding diaryl/α,β-unsaturated/α-hetero) is 1. The number of hydrogen-bond donors (Lipinski definition) is 1. The zero-order valence-electron chi connectivity index (χ0n) is 13.6. The van der Waals surface area contributed by atoms with Crippen molar-refractivity contribution >= 4 is 11.4 Å². The highest BCUT2D eigenvalue weighted by atomic mass is 16.3. The average Bonchev–Trinajstić information content (AvgIpc) is 2.75. The predicted molar refractivity (Wildman–Crippen MR) is 87.6 cm³/mol. The zero-order valence-corrected chi connectivity index (χ0v) is 13.6. The predicted octanol–water partition coefficient (Wildman–Crippen LogP) is 4.52. The molecule has 0 aromatic heterocycles. The van der Waals surface area contributed by atoms with Crippen LogP contribution in [0.3, 0.4) is 0 Å². The van der Waals surface area contributed by atoms with Crippen LogP contribution in [0.2, 0.25) is 0 Å². The van der Waals surface area contributed by atoms with Crippen molar-refractivity contribution in [1.29, 1.82) is 0 Å². The first-order valence-electron chi connectivity index (χ1n) is 8.54. The number of benzene rings is 1. The lowest BCUT2D eigenvalue weighted by atomic mass is 9.59. The Hall–Kier alpha value is -1.57. The second kappa shape index (κ2) is 4.71. The quantitative estimate of drug-likeness (QED) is 0.827. The van der Waals surface area contributed by atoms with E-state index in [4.69, 9.17) is 0 Å². The molecule has 0 aliphatic heterocycles. The molecule has 3 saturated carbocycles. The molecule has 2 nitrogen and oxygen atoms in total. The van der Waals surface area contributed by atoms with Gasteiger partial charge in [0.1, 0.15) is 5.76 Å². The van der Waals surface area contributed by atoms with E-state index in [9.17, 15) is 9.90 Å². The van der Waals surface area contributed by atoms with E-state index in [-0.39, 0.29) is 17.6 Å². The van der Waals surface area contributed by atoms with E-state index in [1.165, 1.54) is 31.2 Å². The largest absolute Gasteiger partial charge is 0.511 e. The second-order valence-corrected chi connectivity index (χ2v) is 7.62. The molecule has 0 spiro atoms. The maximum absolute atomic E-state index is 13.1. The monoisotopic (exact) mass is 296 g/mol. The number of allylic oxidation sites excluding steroid dienone is 2. The molecule has 1 N–H and O–H groups in total. The van der Waals surface area contributed by atoms with Gasteiger partial charge in [-0.15, -0.1) is 0 Å². The zero-order chi connectivity index (χ0) is 15.6. The van der Waals surface area contributed by atoms with Crippen LogP contribution < -0.4 is 0 Å². The van der Waals surface area contributed by atoms with Crippen LogP contribution in [0.4, 0.5) is 0 Å². The lowest BCUT2D eigenvalue weighted by Crippen LogP contribution is -2.41. The molecule has 0 heterocycles. The van der Waals surface area contributed by atoms with Crippen molar-refractivity contribution in [3.8, 4) is 0 Å². The Morgan fingerprint density at radius 2 is 1.41 bits per heavy atom. The molecule has 2 heteroatoms. The van der Waals surface area contributed by atoms with Gasteiger partial charge >= 0.3 is 0 Å². The van der Waals surface area contributed by atoms with Crippen LogP contribution >= 0.6 is 0 Å². The molecule has 22 heavy (non-hydrogen) atoms. The van der Waals surface area contributed by atoms with Gasteiger partial charge in [-0.3, -0.25) is 4.79 Å². The van der Waals surface area contributed by atoms with Gasteiger partial charge in [-0.05, 0) is 75.0 Å². The maximum atomic E-state index is 13.1. The van der Waals surface area contributed by atoms with Crippen molar-refractivity contribution in [2.75, 3.05) is 0 Å². The van der Waals surface area contributed by atoms with Crippen molar-refractivity contribution in [1.82, 2.24) is 0 Å². The number of ketones is 1. The second-order valence-electron chi connectivity index (χ2n) is 7.62. The first kappa shape index (κ1) is 14.0. The minimum Gasteiger partial charge on any atom is -0.511 e. The number of aliphatic hydroxyl groups is 1. The summed E-state index contributed by atoms with van der Waals surface area (Å²) in [5, 5.41) is 10.9. The minimum absolute atomic E-state index is 0.0580. The van der Waals surface area contributed by atoms with Gasteiger partial charge in [0.25, 0.3) is 0 Å². The fourth-order valence-corrected chi connectivity index (χ4v) is 5.51. The van der Waals surface area contributed by atoms with Gasteiger partial charge in [0.15, 0.2) is 5.78 Å². The smallest absolute Gasteiger partial charge is 0.170 e. The summed E-state index contributed by atoms with van der Waals surface area (Å²) in [5.74, 6) is 1.79. The van der Waals surface area contributed by atoms with Crippen molar-refractivity contribution in [3.63, 3.8) is 0 Å².